The van der Waals surface area contributed by atoms with Gasteiger partial charge in [0.05, 0.1) is 24.9 Å². The summed E-state index contributed by atoms with van der Waals surface area (Å²) in [5.41, 5.74) is 4.62. The summed E-state index contributed by atoms with van der Waals surface area (Å²) >= 11 is 6.23. The van der Waals surface area contributed by atoms with Crippen LogP contribution < -0.4 is 24.2 Å². The van der Waals surface area contributed by atoms with Crippen LogP contribution in [0.2, 0.25) is 5.02 Å². The van der Waals surface area contributed by atoms with Gasteiger partial charge in [0.2, 0.25) is 0 Å². The van der Waals surface area contributed by atoms with Crippen LogP contribution in [0.1, 0.15) is 44.4 Å². The molecule has 3 aromatic rings. The molecule has 0 spiro atoms. The average Bonchev–Trinajstić information content (AvgIpc) is 2.88. The summed E-state index contributed by atoms with van der Waals surface area (Å²) < 4.78 is 12.0. The predicted molar refractivity (Wildman–Crippen MR) is 148 cm³/mol. The first-order valence-electron chi connectivity index (χ1n) is 12.3. The zero-order chi connectivity index (χ0) is 26.0. The van der Waals surface area contributed by atoms with Gasteiger partial charge in [0.15, 0.2) is 11.5 Å². The molecule has 0 saturated heterocycles. The maximum Gasteiger partial charge on any atom is 0.329 e. The first kappa shape index (κ1) is 25.7. The lowest BCUT2D eigenvalue weighted by Crippen LogP contribution is -2.50. The van der Waals surface area contributed by atoms with Gasteiger partial charge in [-0.15, -0.1) is 0 Å². The average molecular weight is 508 g/mol. The SMILES string of the molecule is CCC(C)Oc1cc2c(cc1OC)N(CC)C(=O)N(c1ccc(N(C)C)cc1)C2c1ccc(Cl)cc1. The molecule has 0 N–H and O–H groups in total. The van der Waals surface area contributed by atoms with E-state index in [0.717, 1.165) is 34.6 Å². The third-order valence-corrected chi connectivity index (χ3v) is 6.89. The van der Waals surface area contributed by atoms with Crippen molar-refractivity contribution in [1.29, 1.82) is 0 Å². The van der Waals surface area contributed by atoms with Crippen LogP contribution in [-0.4, -0.2) is 39.9 Å². The molecular weight excluding hydrogens is 474 g/mol. The number of carbonyl (C=O) groups is 1. The van der Waals surface area contributed by atoms with Crippen molar-refractivity contribution in [2.24, 2.45) is 0 Å². The Kier molecular flexibility index (Phi) is 7.65. The van der Waals surface area contributed by atoms with Crippen LogP contribution in [0.4, 0.5) is 21.9 Å². The normalized spacial score (nSPS) is 16.0. The van der Waals surface area contributed by atoms with Crippen molar-refractivity contribution in [3.05, 3.63) is 76.8 Å². The van der Waals surface area contributed by atoms with Crippen LogP contribution in [0.5, 0.6) is 11.5 Å². The quantitative estimate of drug-likeness (QED) is 0.325. The molecule has 0 fully saturated rings. The second kappa shape index (κ2) is 10.7. The van der Waals surface area contributed by atoms with Crippen LogP contribution in [0, 0.1) is 0 Å². The molecule has 7 heteroatoms. The number of rotatable bonds is 8. The number of amides is 2. The molecule has 36 heavy (non-hydrogen) atoms. The molecule has 1 aliphatic heterocycles. The minimum absolute atomic E-state index is 0.0214. The highest BCUT2D eigenvalue weighted by molar-refractivity contribution is 6.30. The molecule has 3 aromatic carbocycles. The molecule has 2 unspecified atom stereocenters. The molecule has 0 saturated carbocycles. The molecule has 4 rings (SSSR count). The third kappa shape index (κ3) is 4.82. The van der Waals surface area contributed by atoms with Gasteiger partial charge in [-0.05, 0) is 68.3 Å². The summed E-state index contributed by atoms with van der Waals surface area (Å²) in [5.74, 6) is 1.27. The van der Waals surface area contributed by atoms with Gasteiger partial charge in [0.25, 0.3) is 0 Å². The van der Waals surface area contributed by atoms with Gasteiger partial charge in [-0.1, -0.05) is 30.7 Å². The lowest BCUT2D eigenvalue weighted by Gasteiger charge is -2.43. The van der Waals surface area contributed by atoms with E-state index < -0.39 is 0 Å². The van der Waals surface area contributed by atoms with Crippen molar-refractivity contribution in [2.45, 2.75) is 39.3 Å². The lowest BCUT2D eigenvalue weighted by molar-refractivity contribution is 0.207. The third-order valence-electron chi connectivity index (χ3n) is 6.64. The first-order chi connectivity index (χ1) is 17.3. The minimum Gasteiger partial charge on any atom is -0.493 e. The molecule has 0 radical (unpaired) electrons. The van der Waals surface area contributed by atoms with Crippen molar-refractivity contribution >= 4 is 34.7 Å². The fourth-order valence-corrected chi connectivity index (χ4v) is 4.63. The highest BCUT2D eigenvalue weighted by Gasteiger charge is 2.40. The Bertz CT molecular complexity index is 1210. The van der Waals surface area contributed by atoms with Gasteiger partial charge in [0, 0.05) is 48.7 Å². The van der Waals surface area contributed by atoms with Crippen molar-refractivity contribution in [2.75, 3.05) is 42.4 Å². The number of methoxy groups -OCH3 is 1. The smallest absolute Gasteiger partial charge is 0.329 e. The summed E-state index contributed by atoms with van der Waals surface area (Å²) in [6.07, 6.45) is 0.887. The minimum atomic E-state index is -0.372. The molecule has 2 atom stereocenters. The molecule has 0 aromatic heterocycles. The van der Waals surface area contributed by atoms with Gasteiger partial charge in [-0.25, -0.2) is 4.79 Å². The lowest BCUT2D eigenvalue weighted by atomic mass is 9.92. The second-order valence-electron chi connectivity index (χ2n) is 9.16. The summed E-state index contributed by atoms with van der Waals surface area (Å²) in [7, 11) is 5.62. The number of ether oxygens (including phenoxy) is 2. The maximum absolute atomic E-state index is 14.0. The zero-order valence-electron chi connectivity index (χ0n) is 21.8. The van der Waals surface area contributed by atoms with Crippen LogP contribution in [0.3, 0.4) is 0 Å². The van der Waals surface area contributed by atoms with Gasteiger partial charge in [-0.2, -0.15) is 0 Å². The van der Waals surface area contributed by atoms with Gasteiger partial charge in [-0.3, -0.25) is 9.80 Å². The second-order valence-corrected chi connectivity index (χ2v) is 9.60. The van der Waals surface area contributed by atoms with Gasteiger partial charge in [0.1, 0.15) is 0 Å². The van der Waals surface area contributed by atoms with Crippen molar-refractivity contribution in [1.82, 2.24) is 0 Å². The Hall–Kier alpha value is -3.38. The Labute approximate surface area is 219 Å². The van der Waals surface area contributed by atoms with Crippen molar-refractivity contribution in [3.63, 3.8) is 0 Å². The van der Waals surface area contributed by atoms with Crippen molar-refractivity contribution < 1.29 is 14.3 Å². The maximum atomic E-state index is 14.0. The number of hydrogen-bond acceptors (Lipinski definition) is 4. The summed E-state index contributed by atoms with van der Waals surface area (Å²) in [4.78, 5) is 19.7. The zero-order valence-corrected chi connectivity index (χ0v) is 22.5. The largest absolute Gasteiger partial charge is 0.493 e. The van der Waals surface area contributed by atoms with E-state index in [1.807, 2.05) is 98.4 Å². The van der Waals surface area contributed by atoms with Gasteiger partial charge < -0.3 is 14.4 Å². The monoisotopic (exact) mass is 507 g/mol. The molecule has 1 heterocycles. The van der Waals surface area contributed by atoms with E-state index in [4.69, 9.17) is 21.1 Å². The van der Waals surface area contributed by atoms with Crippen LogP contribution in [0.25, 0.3) is 0 Å². The number of anilines is 3. The van der Waals surface area contributed by atoms with E-state index in [9.17, 15) is 4.79 Å². The molecule has 0 bridgehead atoms. The van der Waals surface area contributed by atoms with E-state index in [0.29, 0.717) is 23.1 Å². The van der Waals surface area contributed by atoms with E-state index in [1.54, 1.807) is 12.0 Å². The highest BCUT2D eigenvalue weighted by Crippen LogP contribution is 2.47. The predicted octanol–water partition coefficient (Wildman–Crippen LogP) is 7.15. The fourth-order valence-electron chi connectivity index (χ4n) is 4.50. The number of nitrogens with zero attached hydrogens (tertiary/aromatic N) is 3. The Morgan fingerprint density at radius 1 is 1.00 bits per heavy atom. The number of urea groups is 1. The van der Waals surface area contributed by atoms with E-state index in [-0.39, 0.29) is 18.2 Å². The summed E-state index contributed by atoms with van der Waals surface area (Å²) in [6, 6.07) is 19.2. The van der Waals surface area contributed by atoms with Crippen LogP contribution in [0.15, 0.2) is 60.7 Å². The van der Waals surface area contributed by atoms with Crippen LogP contribution >= 0.6 is 11.6 Å². The molecule has 2 amide bonds. The number of carbonyl (C=O) groups excluding carboxylic acids is 1. The van der Waals surface area contributed by atoms with E-state index in [2.05, 4.69) is 6.92 Å². The van der Waals surface area contributed by atoms with Crippen LogP contribution in [-0.2, 0) is 0 Å². The van der Waals surface area contributed by atoms with E-state index in [1.165, 1.54) is 0 Å². The Morgan fingerprint density at radius 3 is 2.22 bits per heavy atom. The summed E-state index contributed by atoms with van der Waals surface area (Å²) in [6.45, 7) is 6.62. The Balaban J connectivity index is 1.95. The fraction of sp³-hybridized carbons (Fsp3) is 0.345. The topological polar surface area (TPSA) is 45.3 Å². The number of halogens is 1. The summed E-state index contributed by atoms with van der Waals surface area (Å²) in [5, 5.41) is 0.647. The number of fused-ring (bicyclic) bond motifs is 1. The Morgan fingerprint density at radius 2 is 1.67 bits per heavy atom. The number of hydrogen-bond donors (Lipinski definition) is 0. The highest BCUT2D eigenvalue weighted by atomic mass is 35.5. The molecular formula is C29H34ClN3O3. The molecule has 0 aliphatic carbocycles. The molecule has 6 nitrogen and oxygen atoms in total. The van der Waals surface area contributed by atoms with E-state index >= 15 is 0 Å². The number of benzene rings is 3. The first-order valence-corrected chi connectivity index (χ1v) is 12.7. The van der Waals surface area contributed by atoms with Crippen molar-refractivity contribution in [3.8, 4) is 11.5 Å². The molecule has 1 aliphatic rings. The van der Waals surface area contributed by atoms with Gasteiger partial charge >= 0.3 is 6.03 Å². The standard InChI is InChI=1S/C29H34ClN3O3/c1-7-19(3)36-27-17-24-25(18-26(27)35-6)32(8-2)29(34)33(23-15-13-22(14-16-23)31(4)5)28(24)20-9-11-21(30)12-10-20/h9-19,28H,7-8H2,1-6H3. The molecule has 190 valence electrons.